The Morgan fingerprint density at radius 1 is 1.67 bits per heavy atom. The van der Waals surface area contributed by atoms with Crippen molar-refractivity contribution >= 4 is 14.1 Å². The van der Waals surface area contributed by atoms with Crippen molar-refractivity contribution in [3.05, 3.63) is 18.6 Å². The van der Waals surface area contributed by atoms with E-state index in [1.807, 2.05) is 0 Å². The van der Waals surface area contributed by atoms with Crippen LogP contribution in [0.2, 0.25) is 0 Å². The summed E-state index contributed by atoms with van der Waals surface area (Å²) >= 11 is 0. The molecule has 4 atom stereocenters. The number of aromatic nitrogens is 2. The molecule has 1 saturated heterocycles. The normalized spacial score (nSPS) is 29.1. The van der Waals surface area contributed by atoms with E-state index in [2.05, 4.69) is 15.3 Å². The standard InChI is InChI=1S/C9H14N3O5P/c13-4-7-6(17-18(14)15)3-9(16-7)12-8-1-2-10-5-11-8/h1-2,5-7,9,13,18H,3-4H2,(H,14,15)(H,10,11,12)/t6-,7+,9+/m0/s1. The van der Waals surface area contributed by atoms with Crippen LogP contribution in [0.4, 0.5) is 5.82 Å². The molecule has 1 aromatic rings. The van der Waals surface area contributed by atoms with Crippen LogP contribution in [-0.4, -0.2) is 45.0 Å². The Balaban J connectivity index is 1.94. The average molecular weight is 275 g/mol. The summed E-state index contributed by atoms with van der Waals surface area (Å²) in [5.74, 6) is 0.573. The lowest BCUT2D eigenvalue weighted by Crippen LogP contribution is -2.26. The van der Waals surface area contributed by atoms with E-state index >= 15 is 0 Å². The number of aliphatic hydroxyl groups is 1. The third-order valence-corrected chi connectivity index (χ3v) is 3.03. The summed E-state index contributed by atoms with van der Waals surface area (Å²) in [6.07, 6.45) is 1.67. The quantitative estimate of drug-likeness (QED) is 0.631. The first kappa shape index (κ1) is 13.4. The molecule has 0 amide bonds. The fourth-order valence-electron chi connectivity index (χ4n) is 1.77. The van der Waals surface area contributed by atoms with Gasteiger partial charge >= 0.3 is 8.25 Å². The Morgan fingerprint density at radius 2 is 2.50 bits per heavy atom. The van der Waals surface area contributed by atoms with Crippen LogP contribution in [0.3, 0.4) is 0 Å². The topological polar surface area (TPSA) is 114 Å². The molecule has 3 N–H and O–H groups in total. The predicted molar refractivity (Wildman–Crippen MR) is 62.1 cm³/mol. The Bertz CT molecular complexity index is 406. The van der Waals surface area contributed by atoms with Gasteiger partial charge in [-0.3, -0.25) is 4.57 Å². The van der Waals surface area contributed by atoms with Crippen LogP contribution in [0, 0.1) is 0 Å². The van der Waals surface area contributed by atoms with Crippen molar-refractivity contribution in [3.63, 3.8) is 0 Å². The molecule has 100 valence electrons. The number of nitrogens with zero attached hydrogens (tertiary/aromatic N) is 2. The van der Waals surface area contributed by atoms with Gasteiger partial charge in [0.15, 0.2) is 0 Å². The van der Waals surface area contributed by atoms with Crippen LogP contribution < -0.4 is 5.32 Å². The molecule has 8 nitrogen and oxygen atoms in total. The van der Waals surface area contributed by atoms with Gasteiger partial charge in [0.25, 0.3) is 0 Å². The van der Waals surface area contributed by atoms with Crippen molar-refractivity contribution in [2.45, 2.75) is 24.9 Å². The van der Waals surface area contributed by atoms with E-state index in [1.165, 1.54) is 6.33 Å². The van der Waals surface area contributed by atoms with Gasteiger partial charge in [0.05, 0.1) is 12.7 Å². The van der Waals surface area contributed by atoms with Crippen molar-refractivity contribution < 1.29 is 23.8 Å². The van der Waals surface area contributed by atoms with Gasteiger partial charge in [0.2, 0.25) is 0 Å². The average Bonchev–Trinajstić information content (AvgIpc) is 2.71. The van der Waals surface area contributed by atoms with Crippen molar-refractivity contribution in [2.24, 2.45) is 0 Å². The molecule has 0 saturated carbocycles. The van der Waals surface area contributed by atoms with Gasteiger partial charge in [-0.25, -0.2) is 9.97 Å². The minimum absolute atomic E-state index is 0.276. The summed E-state index contributed by atoms with van der Waals surface area (Å²) < 4.78 is 20.9. The summed E-state index contributed by atoms with van der Waals surface area (Å²) in [5, 5.41) is 12.1. The maximum atomic E-state index is 10.7. The summed E-state index contributed by atoms with van der Waals surface area (Å²) in [4.78, 5) is 16.5. The Kier molecular flexibility index (Phi) is 4.62. The molecule has 1 aliphatic heterocycles. The van der Waals surface area contributed by atoms with Crippen molar-refractivity contribution in [1.82, 2.24) is 9.97 Å². The van der Waals surface area contributed by atoms with E-state index in [0.29, 0.717) is 12.2 Å². The number of aliphatic hydroxyl groups excluding tert-OH is 1. The monoisotopic (exact) mass is 275 g/mol. The lowest BCUT2D eigenvalue weighted by atomic mass is 10.2. The molecule has 0 aliphatic carbocycles. The molecule has 1 aliphatic rings. The second-order valence-corrected chi connectivity index (χ2v) is 4.51. The van der Waals surface area contributed by atoms with Crippen LogP contribution in [-0.2, 0) is 13.8 Å². The number of nitrogens with one attached hydrogen (secondary N) is 1. The first-order valence-electron chi connectivity index (χ1n) is 5.37. The van der Waals surface area contributed by atoms with E-state index in [-0.39, 0.29) is 6.61 Å². The first-order chi connectivity index (χ1) is 8.69. The summed E-state index contributed by atoms with van der Waals surface area (Å²) in [6.45, 7) is -0.276. The molecule has 2 rings (SSSR count). The first-order valence-corrected chi connectivity index (χ1v) is 6.64. The van der Waals surface area contributed by atoms with E-state index in [9.17, 15) is 4.57 Å². The van der Waals surface area contributed by atoms with E-state index in [0.717, 1.165) is 0 Å². The lowest BCUT2D eigenvalue weighted by molar-refractivity contribution is -0.00894. The molecule has 0 bridgehead atoms. The fraction of sp³-hybridized carbons (Fsp3) is 0.556. The molecule has 0 spiro atoms. The smallest absolute Gasteiger partial charge is 0.316 e. The zero-order chi connectivity index (χ0) is 13.0. The van der Waals surface area contributed by atoms with Gasteiger partial charge in [-0.05, 0) is 6.07 Å². The molecular formula is C9H14N3O5P. The zero-order valence-electron chi connectivity index (χ0n) is 9.39. The maximum absolute atomic E-state index is 10.7. The third-order valence-electron chi connectivity index (χ3n) is 2.52. The van der Waals surface area contributed by atoms with Gasteiger partial charge in [0, 0.05) is 12.6 Å². The van der Waals surface area contributed by atoms with Crippen molar-refractivity contribution in [2.75, 3.05) is 11.9 Å². The van der Waals surface area contributed by atoms with Gasteiger partial charge in [-0.15, -0.1) is 0 Å². The Morgan fingerprint density at radius 3 is 3.11 bits per heavy atom. The van der Waals surface area contributed by atoms with E-state index in [4.69, 9.17) is 19.3 Å². The number of anilines is 1. The maximum Gasteiger partial charge on any atom is 0.316 e. The predicted octanol–water partition coefficient (Wildman–Crippen LogP) is -0.237. The summed E-state index contributed by atoms with van der Waals surface area (Å²) in [7, 11) is -3.05. The SMILES string of the molecule is O=[PH](O)O[C@H]1C[C@H](Nc2ccncn2)O[C@@H]1CO. The molecule has 9 heteroatoms. The van der Waals surface area contributed by atoms with Gasteiger partial charge in [0.1, 0.15) is 24.5 Å². The molecule has 0 radical (unpaired) electrons. The van der Waals surface area contributed by atoms with Crippen LogP contribution in [0.15, 0.2) is 18.6 Å². The second-order valence-electron chi connectivity index (χ2n) is 3.74. The third kappa shape index (κ3) is 3.47. The number of hydrogen-bond acceptors (Lipinski definition) is 7. The Labute approximate surface area is 104 Å². The fourth-order valence-corrected chi connectivity index (χ4v) is 2.27. The van der Waals surface area contributed by atoms with E-state index < -0.39 is 26.7 Å². The van der Waals surface area contributed by atoms with Gasteiger partial charge in [-0.1, -0.05) is 0 Å². The highest BCUT2D eigenvalue weighted by molar-refractivity contribution is 7.32. The molecule has 1 unspecified atom stereocenters. The second kappa shape index (κ2) is 6.21. The summed E-state index contributed by atoms with van der Waals surface area (Å²) in [6, 6.07) is 1.67. The minimum atomic E-state index is -3.05. The van der Waals surface area contributed by atoms with Crippen LogP contribution in [0.25, 0.3) is 0 Å². The lowest BCUT2D eigenvalue weighted by Gasteiger charge is -2.14. The highest BCUT2D eigenvalue weighted by Crippen LogP contribution is 2.30. The minimum Gasteiger partial charge on any atom is -0.394 e. The molecule has 1 aromatic heterocycles. The number of rotatable bonds is 5. The van der Waals surface area contributed by atoms with Crippen LogP contribution >= 0.6 is 8.25 Å². The molecule has 2 heterocycles. The summed E-state index contributed by atoms with van der Waals surface area (Å²) in [5.41, 5.74) is 0. The van der Waals surface area contributed by atoms with Crippen molar-refractivity contribution in [1.29, 1.82) is 0 Å². The van der Waals surface area contributed by atoms with Crippen LogP contribution in [0.1, 0.15) is 6.42 Å². The highest BCUT2D eigenvalue weighted by atomic mass is 31.1. The molecular weight excluding hydrogens is 261 g/mol. The van der Waals surface area contributed by atoms with Gasteiger partial charge in [-0.2, -0.15) is 0 Å². The number of hydrogen-bond donors (Lipinski definition) is 3. The molecule has 1 fully saturated rings. The number of ether oxygens (including phenoxy) is 1. The highest BCUT2D eigenvalue weighted by Gasteiger charge is 2.36. The largest absolute Gasteiger partial charge is 0.394 e. The molecule has 0 aromatic carbocycles. The van der Waals surface area contributed by atoms with Crippen molar-refractivity contribution in [3.8, 4) is 0 Å². The Hall–Kier alpha value is -1.05. The molecule has 18 heavy (non-hydrogen) atoms. The van der Waals surface area contributed by atoms with Crippen LogP contribution in [0.5, 0.6) is 0 Å². The van der Waals surface area contributed by atoms with Gasteiger partial charge < -0.3 is 24.6 Å². The zero-order valence-corrected chi connectivity index (χ0v) is 10.4. The van der Waals surface area contributed by atoms with E-state index in [1.54, 1.807) is 12.3 Å².